The van der Waals surface area contributed by atoms with Crippen molar-refractivity contribution in [2.24, 2.45) is 11.7 Å². The van der Waals surface area contributed by atoms with Crippen molar-refractivity contribution in [2.45, 2.75) is 69.3 Å². The molecule has 12 nitrogen and oxygen atoms in total. The highest BCUT2D eigenvalue weighted by Gasteiger charge is 2.29. The number of nitrogens with two attached hydrogens (primary N) is 1. The van der Waals surface area contributed by atoms with Gasteiger partial charge in [0.25, 0.3) is 0 Å². The predicted octanol–water partition coefficient (Wildman–Crippen LogP) is 1.89. The van der Waals surface area contributed by atoms with Gasteiger partial charge >= 0.3 is 0 Å². The average molecular weight is 665 g/mol. The van der Waals surface area contributed by atoms with Crippen molar-refractivity contribution in [3.05, 3.63) is 101 Å². The van der Waals surface area contributed by atoms with Gasteiger partial charge in [-0.25, -0.2) is 13.1 Å². The molecule has 0 saturated carbocycles. The molecular formula is C34H46N7O5S+. The number of nitrogens with one attached hydrogen (secondary N) is 5. The van der Waals surface area contributed by atoms with Crippen LogP contribution < -0.4 is 31.1 Å². The Morgan fingerprint density at radius 3 is 2.26 bits per heavy atom. The number of hydrogen-bond acceptors (Lipinski definition) is 7. The van der Waals surface area contributed by atoms with Crippen LogP contribution in [0, 0.1) is 11.3 Å². The molecule has 0 bridgehead atoms. The molecule has 1 aliphatic rings. The van der Waals surface area contributed by atoms with Crippen molar-refractivity contribution in [3.8, 4) is 0 Å². The lowest BCUT2D eigenvalue weighted by Gasteiger charge is -2.26. The standard InChI is InChI=1S/C34H45N7O5S/c35-32(36)29-12-9-27(10-13-29)23-38-33(42)30(14-11-26-15-19-37-20-16-26)39-34(43)31(8-4-7-25-17-21-41(44)22-18-25)40-47(45,46)24-28-5-2-1-3-6-28/h1-3,5-6,9-10,12-13,17-18,21-22,26,30-31,37,40H,4,7-8,11,14-16,19-20,23-24H2,(H5-,35,36,38,39,42,43,44)/p+1. The van der Waals surface area contributed by atoms with E-state index in [1.165, 1.54) is 12.4 Å². The maximum absolute atomic E-state index is 13.8. The van der Waals surface area contributed by atoms with Crippen LogP contribution in [0.3, 0.4) is 0 Å². The Hall–Kier alpha value is -4.33. The van der Waals surface area contributed by atoms with Crippen LogP contribution in [0.5, 0.6) is 0 Å². The number of carbonyl (C=O) groups is 2. The lowest BCUT2D eigenvalue weighted by atomic mass is 9.91. The third kappa shape index (κ3) is 12.1. The molecule has 2 heterocycles. The third-order valence-electron chi connectivity index (χ3n) is 8.37. The van der Waals surface area contributed by atoms with E-state index in [1.54, 1.807) is 66.7 Å². The fourth-order valence-electron chi connectivity index (χ4n) is 5.65. The summed E-state index contributed by atoms with van der Waals surface area (Å²) in [6.45, 7) is 2.04. The van der Waals surface area contributed by atoms with Crippen LogP contribution in [0.25, 0.3) is 0 Å². The van der Waals surface area contributed by atoms with Gasteiger partial charge in [0.2, 0.25) is 34.2 Å². The summed E-state index contributed by atoms with van der Waals surface area (Å²) < 4.78 is 30.0. The first-order valence-electron chi connectivity index (χ1n) is 16.0. The van der Waals surface area contributed by atoms with Gasteiger partial charge in [-0.1, -0.05) is 54.6 Å². The number of pyridine rings is 1. The Bertz CT molecular complexity index is 1560. The molecule has 1 aliphatic heterocycles. The fourth-order valence-corrected chi connectivity index (χ4v) is 7.02. The molecule has 252 valence electrons. The number of piperidine rings is 1. The monoisotopic (exact) mass is 664 g/mol. The van der Waals surface area contributed by atoms with E-state index in [0.717, 1.165) is 48.2 Å². The minimum Gasteiger partial charge on any atom is -0.384 e. The molecule has 0 spiro atoms. The van der Waals surface area contributed by atoms with E-state index in [1.807, 2.05) is 0 Å². The van der Waals surface area contributed by atoms with Crippen molar-refractivity contribution in [1.29, 1.82) is 5.41 Å². The van der Waals surface area contributed by atoms with Crippen LogP contribution in [0.1, 0.15) is 60.8 Å². The van der Waals surface area contributed by atoms with Gasteiger partial charge in [0.15, 0.2) is 0 Å². The second kappa shape index (κ2) is 17.5. The molecule has 0 radical (unpaired) electrons. The van der Waals surface area contributed by atoms with E-state index in [-0.39, 0.29) is 30.5 Å². The molecule has 1 aromatic heterocycles. The van der Waals surface area contributed by atoms with Gasteiger partial charge < -0.3 is 21.7 Å². The molecule has 2 aromatic carbocycles. The molecule has 3 aromatic rings. The van der Waals surface area contributed by atoms with Gasteiger partial charge in [0.1, 0.15) is 17.9 Å². The van der Waals surface area contributed by atoms with Gasteiger partial charge in [0, 0.05) is 29.0 Å². The summed E-state index contributed by atoms with van der Waals surface area (Å²) in [5.41, 5.74) is 8.46. The number of hydrogen-bond donors (Lipinski definition) is 7. The summed E-state index contributed by atoms with van der Waals surface area (Å²) in [5, 5.41) is 26.2. The molecular weight excluding hydrogens is 618 g/mol. The smallest absolute Gasteiger partial charge is 0.242 e. The average Bonchev–Trinajstić information content (AvgIpc) is 3.06. The van der Waals surface area contributed by atoms with Crippen LogP contribution in [0.15, 0.2) is 79.1 Å². The highest BCUT2D eigenvalue weighted by atomic mass is 32.2. The quantitative estimate of drug-likeness (QED) is 0.0496. The first-order chi connectivity index (χ1) is 22.6. The summed E-state index contributed by atoms with van der Waals surface area (Å²) in [7, 11) is -3.90. The number of carbonyl (C=O) groups excluding carboxylic acids is 2. The van der Waals surface area contributed by atoms with Gasteiger partial charge in [-0.05, 0) is 80.6 Å². The van der Waals surface area contributed by atoms with Crippen LogP contribution in [-0.2, 0) is 38.3 Å². The summed E-state index contributed by atoms with van der Waals surface area (Å²) in [5.74, 6) is -0.812. The molecule has 13 heteroatoms. The predicted molar refractivity (Wildman–Crippen MR) is 179 cm³/mol. The highest BCUT2D eigenvalue weighted by molar-refractivity contribution is 7.88. The lowest BCUT2D eigenvalue weighted by molar-refractivity contribution is -0.904. The molecule has 1 fully saturated rings. The molecule has 47 heavy (non-hydrogen) atoms. The molecule has 8 N–H and O–H groups in total. The minimum absolute atomic E-state index is 0.0442. The van der Waals surface area contributed by atoms with E-state index in [0.29, 0.717) is 36.3 Å². The van der Waals surface area contributed by atoms with E-state index < -0.39 is 28.0 Å². The Balaban J connectivity index is 1.47. The first kappa shape index (κ1) is 35.5. The summed E-state index contributed by atoms with van der Waals surface area (Å²) in [4.78, 5) is 27.3. The molecule has 2 amide bonds. The number of rotatable bonds is 17. The molecule has 2 unspecified atom stereocenters. The Morgan fingerprint density at radius 2 is 1.60 bits per heavy atom. The van der Waals surface area contributed by atoms with Gasteiger partial charge in [-0.15, -0.1) is 0 Å². The summed E-state index contributed by atoms with van der Waals surface area (Å²) in [6.07, 6.45) is 7.41. The van der Waals surface area contributed by atoms with E-state index in [4.69, 9.17) is 11.1 Å². The number of benzene rings is 2. The number of aromatic nitrogens is 1. The maximum Gasteiger partial charge on any atom is 0.242 e. The molecule has 0 aliphatic carbocycles. The topological polar surface area (TPSA) is 190 Å². The zero-order chi connectivity index (χ0) is 33.6. The van der Waals surface area contributed by atoms with E-state index in [2.05, 4.69) is 20.7 Å². The van der Waals surface area contributed by atoms with Gasteiger partial charge in [-0.3, -0.25) is 20.2 Å². The second-order valence-corrected chi connectivity index (χ2v) is 13.8. The molecule has 2 atom stereocenters. The Morgan fingerprint density at radius 1 is 0.915 bits per heavy atom. The molecule has 1 saturated heterocycles. The zero-order valence-electron chi connectivity index (χ0n) is 26.5. The first-order valence-corrected chi connectivity index (χ1v) is 17.7. The van der Waals surface area contributed by atoms with Crippen LogP contribution in [0.4, 0.5) is 0 Å². The number of aryl methyl sites for hydroxylation is 1. The van der Waals surface area contributed by atoms with Crippen molar-refractivity contribution >= 4 is 27.7 Å². The number of amidine groups is 1. The highest BCUT2D eigenvalue weighted by Crippen LogP contribution is 2.19. The lowest BCUT2D eigenvalue weighted by Crippen LogP contribution is -2.53. The van der Waals surface area contributed by atoms with Crippen molar-refractivity contribution in [2.75, 3.05) is 13.1 Å². The SMILES string of the molecule is N=C(N)c1ccc(CNC(=O)C(CCC2CCNCC2)NC(=O)C(CCCc2cc[n+](O)cc2)NS(=O)(=O)Cc2ccccc2)cc1. The summed E-state index contributed by atoms with van der Waals surface area (Å²) in [6, 6.07) is 17.3. The van der Waals surface area contributed by atoms with Crippen LogP contribution in [0.2, 0.25) is 0 Å². The normalized spacial score (nSPS) is 15.0. The van der Waals surface area contributed by atoms with Gasteiger partial charge in [-0.2, -0.15) is 0 Å². The van der Waals surface area contributed by atoms with Crippen LogP contribution >= 0.6 is 0 Å². The third-order valence-corrected chi connectivity index (χ3v) is 9.72. The van der Waals surface area contributed by atoms with E-state index >= 15 is 0 Å². The van der Waals surface area contributed by atoms with Crippen LogP contribution in [-0.4, -0.2) is 56.4 Å². The van der Waals surface area contributed by atoms with Gasteiger partial charge in [0.05, 0.1) is 5.75 Å². The fraction of sp³-hybridized carbons (Fsp3) is 0.412. The molecule has 4 rings (SSSR count). The minimum atomic E-state index is -3.90. The number of nitrogens with zero attached hydrogens (tertiary/aromatic N) is 1. The van der Waals surface area contributed by atoms with Crippen molar-refractivity contribution in [3.63, 3.8) is 0 Å². The van der Waals surface area contributed by atoms with Crippen molar-refractivity contribution in [1.82, 2.24) is 20.7 Å². The Labute approximate surface area is 276 Å². The maximum atomic E-state index is 13.8. The summed E-state index contributed by atoms with van der Waals surface area (Å²) >= 11 is 0. The number of sulfonamides is 1. The van der Waals surface area contributed by atoms with Crippen molar-refractivity contribution < 1.29 is 27.9 Å². The zero-order valence-corrected chi connectivity index (χ0v) is 27.3. The van der Waals surface area contributed by atoms with E-state index in [9.17, 15) is 23.2 Å². The Kier molecular flexibility index (Phi) is 13.3. The largest absolute Gasteiger partial charge is 0.384 e. The second-order valence-electron chi connectivity index (χ2n) is 12.1. The number of amides is 2. The number of nitrogen functional groups attached to an aromatic ring is 1.